The Kier molecular flexibility index (Phi) is 3.37. The lowest BCUT2D eigenvalue weighted by molar-refractivity contribution is 0.299. The monoisotopic (exact) mass is 234 g/mol. The van der Waals surface area contributed by atoms with Crippen molar-refractivity contribution in [2.24, 2.45) is 0 Å². The summed E-state index contributed by atoms with van der Waals surface area (Å²) in [4.78, 5) is 0. The fraction of sp³-hybridized carbons (Fsp3) is 0.250. The molecule has 1 nitrogen and oxygen atoms in total. The van der Waals surface area contributed by atoms with E-state index in [0.29, 0.717) is 11.4 Å². The summed E-state index contributed by atoms with van der Waals surface area (Å²) >= 11 is 9.11. The minimum absolute atomic E-state index is 0.165. The first-order valence-electron chi connectivity index (χ1n) is 3.29. The molecule has 11 heavy (non-hydrogen) atoms. The third-order valence-electron chi connectivity index (χ3n) is 1.38. The number of hydrogen-bond donors (Lipinski definition) is 1. The number of hydrogen-bond acceptors (Lipinski definition) is 1. The Balaban J connectivity index is 2.86. The molecule has 0 unspecified atom stereocenters. The molecule has 0 saturated heterocycles. The Labute approximate surface area is 79.1 Å². The minimum Gasteiger partial charge on any atom is -0.396 e. The molecule has 0 atom stereocenters. The molecule has 0 heterocycles. The number of aliphatic hydroxyl groups excluding tert-OH is 1. The molecule has 3 heteroatoms. The molecule has 1 rings (SSSR count). The van der Waals surface area contributed by atoms with E-state index in [1.165, 1.54) is 0 Å². The first kappa shape index (κ1) is 9.04. The van der Waals surface area contributed by atoms with Crippen molar-refractivity contribution in [2.45, 2.75) is 6.42 Å². The summed E-state index contributed by atoms with van der Waals surface area (Å²) in [5.41, 5.74) is 1.06. The van der Waals surface area contributed by atoms with E-state index in [0.717, 1.165) is 10.0 Å². The lowest BCUT2D eigenvalue weighted by Gasteiger charge is -1.99. The first-order chi connectivity index (χ1) is 5.24. The van der Waals surface area contributed by atoms with E-state index >= 15 is 0 Å². The van der Waals surface area contributed by atoms with Crippen molar-refractivity contribution in [3.63, 3.8) is 0 Å². The van der Waals surface area contributed by atoms with Crippen LogP contribution in [0.5, 0.6) is 0 Å². The van der Waals surface area contributed by atoms with Crippen molar-refractivity contribution < 1.29 is 5.11 Å². The van der Waals surface area contributed by atoms with E-state index in [-0.39, 0.29) is 6.61 Å². The van der Waals surface area contributed by atoms with Gasteiger partial charge in [-0.2, -0.15) is 0 Å². The van der Waals surface area contributed by atoms with Crippen LogP contribution >= 0.6 is 27.5 Å². The maximum Gasteiger partial charge on any atom is 0.0550 e. The van der Waals surface area contributed by atoms with Gasteiger partial charge < -0.3 is 5.11 Å². The second-order valence-electron chi connectivity index (χ2n) is 2.22. The van der Waals surface area contributed by atoms with Crippen LogP contribution in [0.25, 0.3) is 0 Å². The van der Waals surface area contributed by atoms with Crippen LogP contribution in [0.15, 0.2) is 22.7 Å². The average Bonchev–Trinajstić information content (AvgIpc) is 1.98. The van der Waals surface area contributed by atoms with Crippen molar-refractivity contribution >= 4 is 27.5 Å². The van der Waals surface area contributed by atoms with E-state index in [4.69, 9.17) is 16.7 Å². The summed E-state index contributed by atoms with van der Waals surface area (Å²) in [6.07, 6.45) is 0.660. The van der Waals surface area contributed by atoms with E-state index in [2.05, 4.69) is 15.9 Å². The van der Waals surface area contributed by atoms with Crippen LogP contribution in [0, 0.1) is 0 Å². The van der Waals surface area contributed by atoms with Gasteiger partial charge >= 0.3 is 0 Å². The highest BCUT2D eigenvalue weighted by atomic mass is 79.9. The molecular weight excluding hydrogens is 227 g/mol. The van der Waals surface area contributed by atoms with Gasteiger partial charge in [-0.1, -0.05) is 17.7 Å². The molecule has 0 aliphatic rings. The van der Waals surface area contributed by atoms with Gasteiger partial charge in [0.05, 0.1) is 5.02 Å². The van der Waals surface area contributed by atoms with Gasteiger partial charge in [0.15, 0.2) is 0 Å². The second-order valence-corrected chi connectivity index (χ2v) is 3.48. The molecule has 0 aromatic heterocycles. The van der Waals surface area contributed by atoms with Gasteiger partial charge in [0, 0.05) is 11.1 Å². The topological polar surface area (TPSA) is 20.2 Å². The van der Waals surface area contributed by atoms with Gasteiger partial charge in [-0.25, -0.2) is 0 Å². The lowest BCUT2D eigenvalue weighted by Crippen LogP contribution is -1.89. The zero-order valence-electron chi connectivity index (χ0n) is 5.85. The van der Waals surface area contributed by atoms with Crippen molar-refractivity contribution in [3.8, 4) is 0 Å². The Morgan fingerprint density at radius 2 is 2.18 bits per heavy atom. The SMILES string of the molecule is OCCc1ccc(Br)c(Cl)c1. The summed E-state index contributed by atoms with van der Waals surface area (Å²) in [5.74, 6) is 0. The molecule has 0 saturated carbocycles. The molecule has 1 aromatic carbocycles. The highest BCUT2D eigenvalue weighted by molar-refractivity contribution is 9.10. The molecule has 0 aliphatic heterocycles. The molecule has 0 spiro atoms. The highest BCUT2D eigenvalue weighted by Gasteiger charge is 1.97. The van der Waals surface area contributed by atoms with Crippen LogP contribution in [0.4, 0.5) is 0 Å². The molecular formula is C8H8BrClO. The quantitative estimate of drug-likeness (QED) is 0.835. The Hall–Kier alpha value is -0.0500. The van der Waals surface area contributed by atoms with Crippen LogP contribution in [-0.2, 0) is 6.42 Å². The zero-order chi connectivity index (χ0) is 8.27. The van der Waals surface area contributed by atoms with Crippen LogP contribution in [-0.4, -0.2) is 11.7 Å². The molecule has 0 radical (unpaired) electrons. The standard InChI is InChI=1S/C8H8BrClO/c9-7-2-1-6(3-4-11)5-8(7)10/h1-2,5,11H,3-4H2. The summed E-state index contributed by atoms with van der Waals surface area (Å²) in [6.45, 7) is 0.165. The number of aliphatic hydroxyl groups is 1. The van der Waals surface area contributed by atoms with E-state index in [1.54, 1.807) is 0 Å². The van der Waals surface area contributed by atoms with E-state index < -0.39 is 0 Å². The Morgan fingerprint density at radius 3 is 2.73 bits per heavy atom. The fourth-order valence-electron chi connectivity index (χ4n) is 0.824. The molecule has 1 aromatic rings. The first-order valence-corrected chi connectivity index (χ1v) is 4.46. The maximum atomic E-state index is 8.63. The molecule has 0 fully saturated rings. The Bertz CT molecular complexity index is 250. The number of halogens is 2. The number of benzene rings is 1. The van der Waals surface area contributed by atoms with Crippen molar-refractivity contribution in [1.82, 2.24) is 0 Å². The largest absolute Gasteiger partial charge is 0.396 e. The van der Waals surface area contributed by atoms with Gasteiger partial charge in [0.25, 0.3) is 0 Å². The molecule has 0 amide bonds. The van der Waals surface area contributed by atoms with Crippen molar-refractivity contribution in [2.75, 3.05) is 6.61 Å². The highest BCUT2D eigenvalue weighted by Crippen LogP contribution is 2.23. The van der Waals surface area contributed by atoms with E-state index in [1.807, 2.05) is 18.2 Å². The predicted octanol–water partition coefficient (Wildman–Crippen LogP) is 2.64. The van der Waals surface area contributed by atoms with Crippen LogP contribution in [0.3, 0.4) is 0 Å². The molecule has 60 valence electrons. The average molecular weight is 236 g/mol. The van der Waals surface area contributed by atoms with Gasteiger partial charge in [0.1, 0.15) is 0 Å². The van der Waals surface area contributed by atoms with Crippen molar-refractivity contribution in [3.05, 3.63) is 33.3 Å². The minimum atomic E-state index is 0.165. The van der Waals surface area contributed by atoms with Crippen LogP contribution < -0.4 is 0 Å². The molecule has 0 bridgehead atoms. The summed E-state index contributed by atoms with van der Waals surface area (Å²) in [6, 6.07) is 5.67. The molecule has 1 N–H and O–H groups in total. The normalized spacial score (nSPS) is 10.1. The molecule has 0 aliphatic carbocycles. The van der Waals surface area contributed by atoms with Crippen molar-refractivity contribution in [1.29, 1.82) is 0 Å². The van der Waals surface area contributed by atoms with Crippen LogP contribution in [0.2, 0.25) is 5.02 Å². The van der Waals surface area contributed by atoms with E-state index in [9.17, 15) is 0 Å². The third kappa shape index (κ3) is 2.47. The third-order valence-corrected chi connectivity index (χ3v) is 2.62. The Morgan fingerprint density at radius 1 is 1.45 bits per heavy atom. The second kappa shape index (κ2) is 4.10. The number of rotatable bonds is 2. The zero-order valence-corrected chi connectivity index (χ0v) is 8.19. The fourth-order valence-corrected chi connectivity index (χ4v) is 1.27. The summed E-state index contributed by atoms with van der Waals surface area (Å²) in [7, 11) is 0. The van der Waals surface area contributed by atoms with Gasteiger partial charge in [-0.3, -0.25) is 0 Å². The summed E-state index contributed by atoms with van der Waals surface area (Å²) in [5, 5.41) is 9.32. The van der Waals surface area contributed by atoms with Gasteiger partial charge in [0.2, 0.25) is 0 Å². The summed E-state index contributed by atoms with van der Waals surface area (Å²) < 4.78 is 0.890. The van der Waals surface area contributed by atoms with Gasteiger partial charge in [-0.05, 0) is 40.0 Å². The van der Waals surface area contributed by atoms with Gasteiger partial charge in [-0.15, -0.1) is 0 Å². The smallest absolute Gasteiger partial charge is 0.0550 e. The lowest BCUT2D eigenvalue weighted by atomic mass is 10.2. The van der Waals surface area contributed by atoms with Crippen LogP contribution in [0.1, 0.15) is 5.56 Å². The predicted molar refractivity (Wildman–Crippen MR) is 49.9 cm³/mol. The maximum absolute atomic E-state index is 8.63.